The van der Waals surface area contributed by atoms with Crippen LogP contribution in [0.15, 0.2) is 0 Å². The maximum Gasteiger partial charge on any atom is 0.323 e. The van der Waals surface area contributed by atoms with E-state index in [0.29, 0.717) is 5.92 Å². The number of carboxylic acids is 1. The Morgan fingerprint density at radius 1 is 1.38 bits per heavy atom. The number of carbonyl (C=O) groups is 1. The third-order valence-electron chi connectivity index (χ3n) is 3.60. The lowest BCUT2D eigenvalue weighted by atomic mass is 9.77. The SMILES string of the molecule is CNCCCNC1(C(=O)O)CCC(C)CC1. The Labute approximate surface area is 97.8 Å². The molecule has 0 heterocycles. The molecule has 0 aromatic rings. The van der Waals surface area contributed by atoms with E-state index in [2.05, 4.69) is 17.6 Å². The zero-order valence-corrected chi connectivity index (χ0v) is 10.4. The van der Waals surface area contributed by atoms with E-state index in [9.17, 15) is 9.90 Å². The number of hydrogen-bond donors (Lipinski definition) is 3. The first-order valence-electron chi connectivity index (χ1n) is 6.24. The molecule has 0 aliphatic heterocycles. The normalized spacial score (nSPS) is 30.2. The lowest BCUT2D eigenvalue weighted by molar-refractivity contribution is -0.146. The molecule has 0 saturated heterocycles. The molecule has 0 bridgehead atoms. The predicted octanol–water partition coefficient (Wildman–Crippen LogP) is 1.22. The van der Waals surface area contributed by atoms with Gasteiger partial charge in [-0.2, -0.15) is 0 Å². The number of aliphatic carboxylic acids is 1. The van der Waals surface area contributed by atoms with Gasteiger partial charge in [0, 0.05) is 0 Å². The molecule has 3 N–H and O–H groups in total. The summed E-state index contributed by atoms with van der Waals surface area (Å²) >= 11 is 0. The van der Waals surface area contributed by atoms with E-state index in [4.69, 9.17) is 0 Å². The quantitative estimate of drug-likeness (QED) is 0.598. The summed E-state index contributed by atoms with van der Waals surface area (Å²) in [5, 5.41) is 15.7. The van der Waals surface area contributed by atoms with Crippen molar-refractivity contribution < 1.29 is 9.90 Å². The summed E-state index contributed by atoms with van der Waals surface area (Å²) < 4.78 is 0. The Kier molecular flexibility index (Phi) is 5.22. The highest BCUT2D eigenvalue weighted by molar-refractivity contribution is 5.78. The van der Waals surface area contributed by atoms with Gasteiger partial charge in [-0.25, -0.2) is 0 Å². The van der Waals surface area contributed by atoms with Crippen LogP contribution in [0.5, 0.6) is 0 Å². The zero-order valence-electron chi connectivity index (χ0n) is 10.4. The van der Waals surface area contributed by atoms with Crippen molar-refractivity contribution in [3.05, 3.63) is 0 Å². The van der Waals surface area contributed by atoms with Crippen LogP contribution in [0.3, 0.4) is 0 Å². The van der Waals surface area contributed by atoms with Crippen LogP contribution in [-0.2, 0) is 4.79 Å². The molecule has 0 atom stereocenters. The van der Waals surface area contributed by atoms with Gasteiger partial charge in [-0.15, -0.1) is 0 Å². The van der Waals surface area contributed by atoms with E-state index in [1.54, 1.807) is 0 Å². The number of rotatable bonds is 6. The predicted molar refractivity (Wildman–Crippen MR) is 64.5 cm³/mol. The second-order valence-corrected chi connectivity index (χ2v) is 4.95. The average Bonchev–Trinajstić information content (AvgIpc) is 2.27. The van der Waals surface area contributed by atoms with Crippen LogP contribution in [-0.4, -0.2) is 36.8 Å². The molecular weight excluding hydrogens is 204 g/mol. The van der Waals surface area contributed by atoms with E-state index in [0.717, 1.165) is 45.2 Å². The molecule has 0 amide bonds. The highest BCUT2D eigenvalue weighted by Crippen LogP contribution is 2.32. The Balaban J connectivity index is 2.43. The largest absolute Gasteiger partial charge is 0.480 e. The van der Waals surface area contributed by atoms with Crippen LogP contribution in [0, 0.1) is 5.92 Å². The van der Waals surface area contributed by atoms with Gasteiger partial charge in [-0.3, -0.25) is 4.79 Å². The van der Waals surface area contributed by atoms with E-state index in [-0.39, 0.29) is 0 Å². The monoisotopic (exact) mass is 228 g/mol. The summed E-state index contributed by atoms with van der Waals surface area (Å²) in [6, 6.07) is 0. The van der Waals surface area contributed by atoms with Crippen molar-refractivity contribution >= 4 is 5.97 Å². The van der Waals surface area contributed by atoms with Gasteiger partial charge in [0.05, 0.1) is 0 Å². The van der Waals surface area contributed by atoms with Crippen LogP contribution in [0.2, 0.25) is 0 Å². The van der Waals surface area contributed by atoms with Gasteiger partial charge in [0.2, 0.25) is 0 Å². The van der Waals surface area contributed by atoms with Gasteiger partial charge >= 0.3 is 5.97 Å². The van der Waals surface area contributed by atoms with Crippen molar-refractivity contribution in [3.63, 3.8) is 0 Å². The summed E-state index contributed by atoms with van der Waals surface area (Å²) in [5.74, 6) is -0.00422. The van der Waals surface area contributed by atoms with Crippen LogP contribution in [0.25, 0.3) is 0 Å². The van der Waals surface area contributed by atoms with Gasteiger partial charge in [0.1, 0.15) is 5.54 Å². The minimum Gasteiger partial charge on any atom is -0.480 e. The smallest absolute Gasteiger partial charge is 0.323 e. The average molecular weight is 228 g/mol. The van der Waals surface area contributed by atoms with Gasteiger partial charge in [0.25, 0.3) is 0 Å². The molecule has 0 spiro atoms. The fraction of sp³-hybridized carbons (Fsp3) is 0.917. The second-order valence-electron chi connectivity index (χ2n) is 4.95. The van der Waals surface area contributed by atoms with Crippen LogP contribution < -0.4 is 10.6 Å². The van der Waals surface area contributed by atoms with Crippen LogP contribution >= 0.6 is 0 Å². The number of carboxylic acid groups (broad SMARTS) is 1. The maximum absolute atomic E-state index is 11.4. The molecule has 1 aliphatic rings. The molecule has 0 unspecified atom stereocenters. The molecule has 1 rings (SSSR count). The summed E-state index contributed by atoms with van der Waals surface area (Å²) in [7, 11) is 1.91. The summed E-state index contributed by atoms with van der Waals surface area (Å²) in [4.78, 5) is 11.4. The second kappa shape index (κ2) is 6.21. The van der Waals surface area contributed by atoms with Crippen LogP contribution in [0.1, 0.15) is 39.0 Å². The third-order valence-corrected chi connectivity index (χ3v) is 3.60. The van der Waals surface area contributed by atoms with Crippen LogP contribution in [0.4, 0.5) is 0 Å². The first-order valence-corrected chi connectivity index (χ1v) is 6.24. The van der Waals surface area contributed by atoms with Crippen molar-refractivity contribution in [1.82, 2.24) is 10.6 Å². The van der Waals surface area contributed by atoms with Gasteiger partial charge in [-0.1, -0.05) is 6.92 Å². The third kappa shape index (κ3) is 3.46. The van der Waals surface area contributed by atoms with Crippen molar-refractivity contribution in [2.75, 3.05) is 20.1 Å². The fourth-order valence-electron chi connectivity index (χ4n) is 2.31. The highest BCUT2D eigenvalue weighted by atomic mass is 16.4. The van der Waals surface area contributed by atoms with Gasteiger partial charge < -0.3 is 15.7 Å². The molecule has 1 fully saturated rings. The molecule has 1 aliphatic carbocycles. The lowest BCUT2D eigenvalue weighted by Gasteiger charge is -2.36. The Hall–Kier alpha value is -0.610. The van der Waals surface area contributed by atoms with E-state index in [1.165, 1.54) is 0 Å². The van der Waals surface area contributed by atoms with Crippen molar-refractivity contribution in [2.45, 2.75) is 44.6 Å². The molecule has 4 heteroatoms. The molecule has 0 radical (unpaired) electrons. The molecule has 0 aromatic carbocycles. The molecular formula is C12H24N2O2. The Morgan fingerprint density at radius 3 is 2.50 bits per heavy atom. The first kappa shape index (κ1) is 13.5. The molecule has 4 nitrogen and oxygen atoms in total. The highest BCUT2D eigenvalue weighted by Gasteiger charge is 2.40. The molecule has 94 valence electrons. The molecule has 1 saturated carbocycles. The van der Waals surface area contributed by atoms with Crippen molar-refractivity contribution in [1.29, 1.82) is 0 Å². The van der Waals surface area contributed by atoms with E-state index < -0.39 is 11.5 Å². The molecule has 16 heavy (non-hydrogen) atoms. The topological polar surface area (TPSA) is 61.4 Å². The number of hydrogen-bond acceptors (Lipinski definition) is 3. The summed E-state index contributed by atoms with van der Waals surface area (Å²) in [5.41, 5.74) is -0.653. The lowest BCUT2D eigenvalue weighted by Crippen LogP contribution is -2.54. The Morgan fingerprint density at radius 2 is 2.00 bits per heavy atom. The van der Waals surface area contributed by atoms with Gasteiger partial charge in [-0.05, 0) is 58.2 Å². The minimum absolute atomic E-state index is 0.653. The van der Waals surface area contributed by atoms with Gasteiger partial charge in [0.15, 0.2) is 0 Å². The zero-order chi connectivity index (χ0) is 12.0. The van der Waals surface area contributed by atoms with E-state index in [1.807, 2.05) is 7.05 Å². The molecule has 0 aromatic heterocycles. The van der Waals surface area contributed by atoms with Crippen molar-refractivity contribution in [2.24, 2.45) is 5.92 Å². The van der Waals surface area contributed by atoms with Crippen molar-refractivity contribution in [3.8, 4) is 0 Å². The summed E-state index contributed by atoms with van der Waals surface area (Å²) in [6.07, 6.45) is 4.55. The fourth-order valence-corrected chi connectivity index (χ4v) is 2.31. The summed E-state index contributed by atoms with van der Waals surface area (Å²) in [6.45, 7) is 3.91. The standard InChI is InChI=1S/C12H24N2O2/c1-10-4-6-12(7-5-10,11(15)16)14-9-3-8-13-2/h10,13-14H,3-9H2,1-2H3,(H,15,16). The minimum atomic E-state index is -0.677. The maximum atomic E-state index is 11.4. The number of nitrogens with one attached hydrogen (secondary N) is 2. The van der Waals surface area contributed by atoms with E-state index >= 15 is 0 Å². The first-order chi connectivity index (χ1) is 7.60. The Bertz CT molecular complexity index is 223.